The topological polar surface area (TPSA) is 98.0 Å². The van der Waals surface area contributed by atoms with Crippen molar-refractivity contribution in [2.24, 2.45) is 5.92 Å². The first kappa shape index (κ1) is 16.4. The largest absolute Gasteiger partial charge is 0.481 e. The second-order valence-corrected chi connectivity index (χ2v) is 4.58. The highest BCUT2D eigenvalue weighted by atomic mass is 16.4. The molecule has 0 aliphatic heterocycles. The zero-order chi connectivity index (χ0) is 13.4. The van der Waals surface area contributed by atoms with Gasteiger partial charge in [-0.1, -0.05) is 13.8 Å². The fraction of sp³-hybridized carbons (Fsp3) is 0.917. The molecule has 0 aromatic heterocycles. The molecule has 0 rings (SSSR count). The average molecular weight is 248 g/mol. The third kappa shape index (κ3) is 7.31. The summed E-state index contributed by atoms with van der Waals surface area (Å²) in [6.07, 6.45) is -0.0124. The van der Waals surface area contributed by atoms with Crippen molar-refractivity contribution in [1.29, 1.82) is 0 Å². The van der Waals surface area contributed by atoms with Crippen LogP contribution in [-0.4, -0.2) is 44.7 Å². The van der Waals surface area contributed by atoms with Crippen molar-refractivity contribution in [3.8, 4) is 0 Å². The smallest absolute Gasteiger partial charge is 0.305 e. The van der Waals surface area contributed by atoms with Crippen LogP contribution in [0.15, 0.2) is 0 Å². The monoisotopic (exact) mass is 248 g/mol. The van der Waals surface area contributed by atoms with E-state index in [0.717, 1.165) is 0 Å². The molecule has 0 aromatic carbocycles. The summed E-state index contributed by atoms with van der Waals surface area (Å²) in [5.74, 6) is -1.54. The Hall–Kier alpha value is -0.650. The molecule has 0 bridgehead atoms. The zero-order valence-corrected chi connectivity index (χ0v) is 10.5. The highest BCUT2D eigenvalue weighted by molar-refractivity contribution is 5.67. The summed E-state index contributed by atoms with van der Waals surface area (Å²) in [4.78, 5) is 10.4. The highest BCUT2D eigenvalue weighted by Crippen LogP contribution is 2.17. The first-order valence-corrected chi connectivity index (χ1v) is 6.14. The summed E-state index contributed by atoms with van der Waals surface area (Å²) in [7, 11) is 0. The van der Waals surface area contributed by atoms with Crippen LogP contribution in [0.1, 0.15) is 46.0 Å². The van der Waals surface area contributed by atoms with Crippen molar-refractivity contribution in [3.05, 3.63) is 0 Å². The van der Waals surface area contributed by atoms with Gasteiger partial charge in [-0.2, -0.15) is 0 Å². The van der Waals surface area contributed by atoms with Gasteiger partial charge < -0.3 is 20.4 Å². The molecule has 17 heavy (non-hydrogen) atoms. The molecule has 0 radical (unpaired) electrons. The minimum absolute atomic E-state index is 0.346. The van der Waals surface area contributed by atoms with Gasteiger partial charge in [-0.3, -0.25) is 4.79 Å². The Bertz CT molecular complexity index is 219. The third-order valence-electron chi connectivity index (χ3n) is 3.11. The Morgan fingerprint density at radius 3 is 2.18 bits per heavy atom. The average Bonchev–Trinajstić information content (AvgIpc) is 2.26. The van der Waals surface area contributed by atoms with E-state index in [4.69, 9.17) is 5.11 Å². The molecule has 5 heteroatoms. The fourth-order valence-corrected chi connectivity index (χ4v) is 1.65. The van der Waals surface area contributed by atoms with Crippen LogP contribution in [0.2, 0.25) is 0 Å². The van der Waals surface area contributed by atoms with Crippen molar-refractivity contribution in [2.75, 3.05) is 0 Å². The molecule has 0 aliphatic rings. The zero-order valence-electron chi connectivity index (χ0n) is 10.5. The van der Waals surface area contributed by atoms with E-state index in [1.54, 1.807) is 6.92 Å². The van der Waals surface area contributed by atoms with E-state index in [-0.39, 0.29) is 12.5 Å². The van der Waals surface area contributed by atoms with Crippen LogP contribution in [0, 0.1) is 5.92 Å². The van der Waals surface area contributed by atoms with E-state index < -0.39 is 24.1 Å². The SMILES string of the molecule is CC[C@H](O)CCC[C@H](O)[C@H](C)[C@H](O)CC(=O)O. The number of hydrogen-bond acceptors (Lipinski definition) is 4. The molecular weight excluding hydrogens is 224 g/mol. The number of rotatable bonds is 9. The predicted octanol–water partition coefficient (Wildman–Crippen LogP) is 0.760. The quantitative estimate of drug-likeness (QED) is 0.483. The molecule has 0 aliphatic carbocycles. The van der Waals surface area contributed by atoms with E-state index in [1.165, 1.54) is 0 Å². The molecule has 0 unspecified atom stereocenters. The normalized spacial score (nSPS) is 18.4. The summed E-state index contributed by atoms with van der Waals surface area (Å²) >= 11 is 0. The second kappa shape index (κ2) is 8.44. The van der Waals surface area contributed by atoms with Gasteiger partial charge in [0.25, 0.3) is 0 Å². The first-order chi connectivity index (χ1) is 7.88. The Morgan fingerprint density at radius 2 is 1.71 bits per heavy atom. The van der Waals surface area contributed by atoms with E-state index in [9.17, 15) is 20.1 Å². The van der Waals surface area contributed by atoms with Gasteiger partial charge in [0.15, 0.2) is 0 Å². The maximum atomic E-state index is 10.4. The van der Waals surface area contributed by atoms with Gasteiger partial charge in [0.1, 0.15) is 0 Å². The Balaban J connectivity index is 3.88. The molecule has 0 fully saturated rings. The second-order valence-electron chi connectivity index (χ2n) is 4.58. The van der Waals surface area contributed by atoms with Gasteiger partial charge in [-0.05, 0) is 25.7 Å². The van der Waals surface area contributed by atoms with E-state index in [2.05, 4.69) is 0 Å². The van der Waals surface area contributed by atoms with Crippen LogP contribution in [0.25, 0.3) is 0 Å². The van der Waals surface area contributed by atoms with Crippen molar-refractivity contribution < 1.29 is 25.2 Å². The van der Waals surface area contributed by atoms with Gasteiger partial charge in [-0.25, -0.2) is 0 Å². The van der Waals surface area contributed by atoms with Crippen LogP contribution < -0.4 is 0 Å². The molecule has 4 atom stereocenters. The Morgan fingerprint density at radius 1 is 1.12 bits per heavy atom. The lowest BCUT2D eigenvalue weighted by Crippen LogP contribution is -2.31. The third-order valence-corrected chi connectivity index (χ3v) is 3.11. The summed E-state index contributed by atoms with van der Waals surface area (Å²) < 4.78 is 0. The highest BCUT2D eigenvalue weighted by Gasteiger charge is 2.24. The Labute approximate surface area is 102 Å². The molecule has 102 valence electrons. The molecular formula is C12H24O5. The number of aliphatic hydroxyl groups excluding tert-OH is 3. The number of aliphatic hydroxyl groups is 3. The van der Waals surface area contributed by atoms with Crippen LogP contribution >= 0.6 is 0 Å². The van der Waals surface area contributed by atoms with Gasteiger partial charge in [0.05, 0.1) is 24.7 Å². The summed E-state index contributed by atoms with van der Waals surface area (Å²) in [5, 5.41) is 37.1. The first-order valence-electron chi connectivity index (χ1n) is 6.14. The number of carbonyl (C=O) groups is 1. The molecule has 0 amide bonds. The summed E-state index contributed by atoms with van der Waals surface area (Å²) in [5.41, 5.74) is 0. The molecule has 0 spiro atoms. The minimum atomic E-state index is -1.07. The van der Waals surface area contributed by atoms with Gasteiger partial charge >= 0.3 is 5.97 Å². The van der Waals surface area contributed by atoms with Crippen molar-refractivity contribution in [3.63, 3.8) is 0 Å². The maximum Gasteiger partial charge on any atom is 0.305 e. The molecule has 0 heterocycles. The van der Waals surface area contributed by atoms with Gasteiger partial charge in [0.2, 0.25) is 0 Å². The van der Waals surface area contributed by atoms with Crippen LogP contribution in [-0.2, 0) is 4.79 Å². The van der Waals surface area contributed by atoms with E-state index >= 15 is 0 Å². The van der Waals surface area contributed by atoms with Crippen molar-refractivity contribution >= 4 is 5.97 Å². The molecule has 0 saturated carbocycles. The van der Waals surface area contributed by atoms with Crippen molar-refractivity contribution in [1.82, 2.24) is 0 Å². The fourth-order valence-electron chi connectivity index (χ4n) is 1.65. The molecule has 0 saturated heterocycles. The lowest BCUT2D eigenvalue weighted by molar-refractivity contribution is -0.140. The van der Waals surface area contributed by atoms with E-state index in [1.807, 2.05) is 6.92 Å². The lowest BCUT2D eigenvalue weighted by atomic mass is 9.92. The Kier molecular flexibility index (Phi) is 8.12. The van der Waals surface area contributed by atoms with Crippen molar-refractivity contribution in [2.45, 2.75) is 64.3 Å². The van der Waals surface area contributed by atoms with E-state index in [0.29, 0.717) is 25.7 Å². The molecule has 5 nitrogen and oxygen atoms in total. The van der Waals surface area contributed by atoms with Gasteiger partial charge in [-0.15, -0.1) is 0 Å². The van der Waals surface area contributed by atoms with Crippen LogP contribution in [0.3, 0.4) is 0 Å². The summed E-state index contributed by atoms with van der Waals surface area (Å²) in [6, 6.07) is 0. The summed E-state index contributed by atoms with van der Waals surface area (Å²) in [6.45, 7) is 3.52. The molecule has 0 aromatic rings. The standard InChI is InChI=1S/C12H24O5/c1-3-9(13)5-4-6-10(14)8(2)11(15)7-12(16)17/h8-11,13-15H,3-7H2,1-2H3,(H,16,17)/t8-,9-,10-,11+/m0/s1. The maximum absolute atomic E-state index is 10.4. The number of carboxylic acid groups (broad SMARTS) is 1. The van der Waals surface area contributed by atoms with Gasteiger partial charge in [0, 0.05) is 5.92 Å². The lowest BCUT2D eigenvalue weighted by Gasteiger charge is -2.23. The van der Waals surface area contributed by atoms with Crippen LogP contribution in [0.5, 0.6) is 0 Å². The van der Waals surface area contributed by atoms with Crippen LogP contribution in [0.4, 0.5) is 0 Å². The number of carboxylic acids is 1. The molecule has 4 N–H and O–H groups in total. The predicted molar refractivity (Wildman–Crippen MR) is 63.6 cm³/mol. The number of hydrogen-bond donors (Lipinski definition) is 4. The minimum Gasteiger partial charge on any atom is -0.481 e. The number of aliphatic carboxylic acids is 1.